The van der Waals surface area contributed by atoms with Crippen LogP contribution in [0.4, 0.5) is 32.0 Å². The van der Waals surface area contributed by atoms with Gasteiger partial charge in [-0.3, -0.25) is 10.1 Å². The molecule has 0 aliphatic rings. The highest BCUT2D eigenvalue weighted by atomic mass is 19.4. The van der Waals surface area contributed by atoms with Gasteiger partial charge in [0.1, 0.15) is 5.69 Å². The van der Waals surface area contributed by atoms with Crippen LogP contribution in [-0.2, 0) is 12.4 Å². The lowest BCUT2D eigenvalue weighted by Gasteiger charge is -2.10. The molecule has 0 bridgehead atoms. The van der Waals surface area contributed by atoms with Gasteiger partial charge in [0.2, 0.25) is 5.69 Å². The molecule has 0 radical (unpaired) electrons. The number of nitro groups is 1. The molecule has 4 nitrogen and oxygen atoms in total. The number of alkyl halides is 6. The van der Waals surface area contributed by atoms with E-state index in [1.54, 1.807) is 0 Å². The summed E-state index contributed by atoms with van der Waals surface area (Å²) in [6.07, 6.45) is -10.4. The first-order valence-corrected chi connectivity index (χ1v) is 3.83. The molecule has 1 heterocycles. The van der Waals surface area contributed by atoms with Gasteiger partial charge in [-0.25, -0.2) is 4.98 Å². The maximum absolute atomic E-state index is 12.2. The minimum atomic E-state index is -5.33. The van der Waals surface area contributed by atoms with E-state index in [0.29, 0.717) is 0 Å². The average Bonchev–Trinajstić information content (AvgIpc) is 2.14. The van der Waals surface area contributed by atoms with E-state index < -0.39 is 34.4 Å². The van der Waals surface area contributed by atoms with Gasteiger partial charge < -0.3 is 0 Å². The van der Waals surface area contributed by atoms with Crippen LogP contribution >= 0.6 is 0 Å². The second-order valence-corrected chi connectivity index (χ2v) is 2.82. The van der Waals surface area contributed by atoms with Crippen LogP contribution in [0.5, 0.6) is 0 Å². The third kappa shape index (κ3) is 2.82. The molecule has 0 aliphatic carbocycles. The second kappa shape index (κ2) is 3.86. The van der Waals surface area contributed by atoms with Crippen molar-refractivity contribution in [3.63, 3.8) is 0 Å². The average molecular weight is 260 g/mol. The standard InChI is InChI=1S/C7H2F6N2O2/c8-6(9,10)4-2-1-3(15(16)17)5(14-4)7(11,12)13/h1-2H. The third-order valence-corrected chi connectivity index (χ3v) is 1.63. The number of pyridine rings is 1. The summed E-state index contributed by atoms with van der Waals surface area (Å²) in [7, 11) is 0. The molecule has 0 saturated carbocycles. The van der Waals surface area contributed by atoms with E-state index in [0.717, 1.165) is 0 Å². The molecule has 0 atom stereocenters. The molecule has 0 N–H and O–H groups in total. The van der Waals surface area contributed by atoms with Gasteiger partial charge in [0.15, 0.2) is 0 Å². The first-order valence-electron chi connectivity index (χ1n) is 3.83. The number of hydrogen-bond donors (Lipinski definition) is 0. The van der Waals surface area contributed by atoms with Crippen molar-refractivity contribution in [1.29, 1.82) is 0 Å². The zero-order valence-electron chi connectivity index (χ0n) is 7.63. The zero-order valence-corrected chi connectivity index (χ0v) is 7.63. The molecule has 0 fully saturated rings. The molecule has 0 unspecified atom stereocenters. The van der Waals surface area contributed by atoms with Crippen LogP contribution in [0.1, 0.15) is 11.4 Å². The van der Waals surface area contributed by atoms with Crippen molar-refractivity contribution in [2.24, 2.45) is 0 Å². The summed E-state index contributed by atoms with van der Waals surface area (Å²) in [5.74, 6) is 0. The lowest BCUT2D eigenvalue weighted by molar-refractivity contribution is -0.388. The first-order chi connectivity index (χ1) is 7.53. The van der Waals surface area contributed by atoms with E-state index in [2.05, 4.69) is 4.98 Å². The highest BCUT2D eigenvalue weighted by molar-refractivity contribution is 5.38. The van der Waals surface area contributed by atoms with E-state index in [1.807, 2.05) is 0 Å². The molecule has 1 aromatic rings. The summed E-state index contributed by atoms with van der Waals surface area (Å²) in [5, 5.41) is 10.2. The highest BCUT2D eigenvalue weighted by Crippen LogP contribution is 2.37. The topological polar surface area (TPSA) is 56.0 Å². The van der Waals surface area contributed by atoms with Crippen molar-refractivity contribution in [2.45, 2.75) is 12.4 Å². The molecule has 10 heteroatoms. The van der Waals surface area contributed by atoms with Crippen LogP contribution in [0.25, 0.3) is 0 Å². The Bertz CT molecular complexity index is 453. The normalized spacial score (nSPS) is 12.6. The summed E-state index contributed by atoms with van der Waals surface area (Å²) in [4.78, 5) is 11.0. The maximum atomic E-state index is 12.2. The fourth-order valence-electron chi connectivity index (χ4n) is 0.966. The molecule has 0 spiro atoms. The van der Waals surface area contributed by atoms with Gasteiger partial charge in [-0.05, 0) is 6.07 Å². The summed E-state index contributed by atoms with van der Waals surface area (Å²) in [6.45, 7) is 0. The number of nitrogens with zero attached hydrogens (tertiary/aromatic N) is 2. The predicted molar refractivity (Wildman–Crippen MR) is 40.9 cm³/mol. The molecule has 1 aromatic heterocycles. The molecule has 17 heavy (non-hydrogen) atoms. The summed E-state index contributed by atoms with van der Waals surface area (Å²) < 4.78 is 73.0. The SMILES string of the molecule is O=[N+]([O-])c1ccc(C(F)(F)F)nc1C(F)(F)F. The monoisotopic (exact) mass is 260 g/mol. The van der Waals surface area contributed by atoms with Crippen LogP contribution in [-0.4, -0.2) is 9.91 Å². The smallest absolute Gasteiger partial charge is 0.258 e. The molecule has 94 valence electrons. The number of halogens is 6. The Morgan fingerprint density at radius 3 is 1.94 bits per heavy atom. The molecule has 0 aliphatic heterocycles. The van der Waals surface area contributed by atoms with Crippen molar-refractivity contribution in [3.8, 4) is 0 Å². The summed E-state index contributed by atoms with van der Waals surface area (Å²) in [6, 6.07) is 0.242. The Morgan fingerprint density at radius 1 is 1.06 bits per heavy atom. The van der Waals surface area contributed by atoms with Gasteiger partial charge in [0.05, 0.1) is 4.92 Å². The number of rotatable bonds is 1. The molecule has 0 saturated heterocycles. The van der Waals surface area contributed by atoms with Crippen molar-refractivity contribution in [2.75, 3.05) is 0 Å². The summed E-state index contributed by atoms with van der Waals surface area (Å²) >= 11 is 0. The predicted octanol–water partition coefficient (Wildman–Crippen LogP) is 3.03. The Labute approximate surface area is 89.0 Å². The van der Waals surface area contributed by atoms with Crippen LogP contribution in [0.15, 0.2) is 12.1 Å². The Morgan fingerprint density at radius 2 is 1.59 bits per heavy atom. The minimum absolute atomic E-state index is 0.118. The fraction of sp³-hybridized carbons (Fsp3) is 0.286. The van der Waals surface area contributed by atoms with E-state index in [9.17, 15) is 36.5 Å². The van der Waals surface area contributed by atoms with Crippen LogP contribution in [0.3, 0.4) is 0 Å². The lowest BCUT2D eigenvalue weighted by atomic mass is 10.2. The second-order valence-electron chi connectivity index (χ2n) is 2.82. The molecule has 0 amide bonds. The van der Waals surface area contributed by atoms with Gasteiger partial charge in [0.25, 0.3) is 5.69 Å². The molecule has 0 aromatic carbocycles. The maximum Gasteiger partial charge on any atom is 0.440 e. The Kier molecular flexibility index (Phi) is 2.99. The van der Waals surface area contributed by atoms with Crippen LogP contribution in [0, 0.1) is 10.1 Å². The highest BCUT2D eigenvalue weighted by Gasteiger charge is 2.43. The molecular weight excluding hydrogens is 258 g/mol. The lowest BCUT2D eigenvalue weighted by Crippen LogP contribution is -2.16. The van der Waals surface area contributed by atoms with Gasteiger partial charge in [-0.1, -0.05) is 0 Å². The zero-order chi connectivity index (χ0) is 13.4. The first kappa shape index (κ1) is 13.2. The quantitative estimate of drug-likeness (QED) is 0.443. The van der Waals surface area contributed by atoms with Gasteiger partial charge in [0, 0.05) is 6.07 Å². The summed E-state index contributed by atoms with van der Waals surface area (Å²) in [5.41, 5.74) is -5.53. The van der Waals surface area contributed by atoms with Crippen molar-refractivity contribution in [3.05, 3.63) is 33.6 Å². The molecular formula is C7H2F6N2O2. The van der Waals surface area contributed by atoms with Gasteiger partial charge in [-0.2, -0.15) is 26.3 Å². The van der Waals surface area contributed by atoms with Gasteiger partial charge in [-0.15, -0.1) is 0 Å². The third-order valence-electron chi connectivity index (χ3n) is 1.63. The van der Waals surface area contributed by atoms with Crippen molar-refractivity contribution >= 4 is 5.69 Å². The van der Waals surface area contributed by atoms with E-state index in [-0.39, 0.29) is 12.1 Å². The molecule has 1 rings (SSSR count). The Hall–Kier alpha value is -1.87. The van der Waals surface area contributed by atoms with E-state index in [4.69, 9.17) is 0 Å². The van der Waals surface area contributed by atoms with E-state index in [1.165, 1.54) is 0 Å². The Balaban J connectivity index is 3.46. The van der Waals surface area contributed by atoms with Crippen LogP contribution in [0.2, 0.25) is 0 Å². The largest absolute Gasteiger partial charge is 0.440 e. The van der Waals surface area contributed by atoms with E-state index >= 15 is 0 Å². The van der Waals surface area contributed by atoms with Crippen LogP contribution < -0.4 is 0 Å². The van der Waals surface area contributed by atoms with Crippen molar-refractivity contribution < 1.29 is 31.3 Å². The number of aromatic nitrogens is 1. The fourth-order valence-corrected chi connectivity index (χ4v) is 0.966. The van der Waals surface area contributed by atoms with Crippen molar-refractivity contribution in [1.82, 2.24) is 4.98 Å². The minimum Gasteiger partial charge on any atom is -0.258 e. The van der Waals surface area contributed by atoms with Gasteiger partial charge >= 0.3 is 12.4 Å². The number of hydrogen-bond acceptors (Lipinski definition) is 3.